The van der Waals surface area contributed by atoms with Crippen LogP contribution in [0.1, 0.15) is 17.3 Å². The summed E-state index contributed by atoms with van der Waals surface area (Å²) in [5.41, 5.74) is 5.51. The topological polar surface area (TPSA) is 55.1 Å². The van der Waals surface area contributed by atoms with Gasteiger partial charge in [-0.05, 0) is 25.1 Å². The highest BCUT2D eigenvalue weighted by molar-refractivity contribution is 7.80. The van der Waals surface area contributed by atoms with E-state index in [2.05, 4.69) is 5.32 Å². The summed E-state index contributed by atoms with van der Waals surface area (Å²) >= 11 is 10.2. The fourth-order valence-corrected chi connectivity index (χ4v) is 1.16. The molecule has 0 aromatic heterocycles. The zero-order chi connectivity index (χ0) is 12.3. The molecule has 1 aromatic rings. The number of hydrogen-bond donors (Lipinski definition) is 2. The summed E-state index contributed by atoms with van der Waals surface area (Å²) in [6.45, 7) is 1.65. The molecule has 0 radical (unpaired) electrons. The molecule has 1 unspecified atom stereocenters. The molecule has 1 rings (SSSR count). The first-order valence-electron chi connectivity index (χ1n) is 4.47. The van der Waals surface area contributed by atoms with E-state index in [0.717, 1.165) is 6.07 Å². The maximum atomic E-state index is 13.1. The average molecular weight is 261 g/mol. The van der Waals surface area contributed by atoms with Crippen LogP contribution in [-0.4, -0.2) is 16.9 Å². The molecular weight excluding hydrogens is 251 g/mol. The highest BCUT2D eigenvalue weighted by Gasteiger charge is 2.12. The predicted molar refractivity (Wildman–Crippen MR) is 65.1 cm³/mol. The van der Waals surface area contributed by atoms with Crippen LogP contribution in [0.4, 0.5) is 4.39 Å². The van der Waals surface area contributed by atoms with E-state index >= 15 is 0 Å². The van der Waals surface area contributed by atoms with Crippen LogP contribution in [0.2, 0.25) is 5.02 Å². The molecule has 1 atom stereocenters. The summed E-state index contributed by atoms with van der Waals surface area (Å²) < 4.78 is 13.1. The van der Waals surface area contributed by atoms with Crippen LogP contribution >= 0.6 is 23.8 Å². The van der Waals surface area contributed by atoms with Gasteiger partial charge >= 0.3 is 0 Å². The molecule has 0 bridgehead atoms. The standard InChI is InChI=1S/C10H10ClFN2OS/c1-5(9(13)16)14-10(15)6-2-3-7(11)8(12)4-6/h2-5H,1H3,(H2,13,16)(H,14,15). The molecule has 1 aromatic carbocycles. The Labute approximate surface area is 103 Å². The Bertz CT molecular complexity index is 439. The van der Waals surface area contributed by atoms with Gasteiger partial charge < -0.3 is 11.1 Å². The van der Waals surface area contributed by atoms with Crippen molar-refractivity contribution >= 4 is 34.7 Å². The monoisotopic (exact) mass is 260 g/mol. The Morgan fingerprint density at radius 3 is 2.75 bits per heavy atom. The van der Waals surface area contributed by atoms with Gasteiger partial charge in [-0.25, -0.2) is 4.39 Å². The van der Waals surface area contributed by atoms with Crippen molar-refractivity contribution in [1.82, 2.24) is 5.32 Å². The van der Waals surface area contributed by atoms with E-state index in [-0.39, 0.29) is 15.6 Å². The van der Waals surface area contributed by atoms with Gasteiger partial charge in [0.25, 0.3) is 5.91 Å². The van der Waals surface area contributed by atoms with Crippen molar-refractivity contribution < 1.29 is 9.18 Å². The molecule has 1 amide bonds. The second kappa shape index (κ2) is 5.23. The highest BCUT2D eigenvalue weighted by Crippen LogP contribution is 2.15. The van der Waals surface area contributed by atoms with E-state index in [9.17, 15) is 9.18 Å². The van der Waals surface area contributed by atoms with Crippen LogP contribution in [0.3, 0.4) is 0 Å². The number of rotatable bonds is 3. The Kier molecular flexibility index (Phi) is 4.20. The van der Waals surface area contributed by atoms with Crippen LogP contribution in [0.15, 0.2) is 18.2 Å². The zero-order valence-corrected chi connectivity index (χ0v) is 10.0. The Balaban J connectivity index is 2.81. The second-order valence-corrected chi connectivity index (χ2v) is 4.11. The molecule has 0 aliphatic rings. The minimum atomic E-state index is -0.641. The van der Waals surface area contributed by atoms with Gasteiger partial charge in [0.2, 0.25) is 0 Å². The van der Waals surface area contributed by atoms with Crippen molar-refractivity contribution in [3.05, 3.63) is 34.6 Å². The van der Waals surface area contributed by atoms with E-state index in [0.29, 0.717) is 0 Å². The van der Waals surface area contributed by atoms with Crippen molar-refractivity contribution in [2.24, 2.45) is 5.73 Å². The van der Waals surface area contributed by atoms with Crippen LogP contribution in [-0.2, 0) is 0 Å². The Hall–Kier alpha value is -1.20. The summed E-state index contributed by atoms with van der Waals surface area (Å²) in [5.74, 6) is -1.09. The number of hydrogen-bond acceptors (Lipinski definition) is 2. The number of thiocarbonyl (C=S) groups is 1. The number of benzene rings is 1. The molecule has 86 valence electrons. The Morgan fingerprint density at radius 2 is 2.25 bits per heavy atom. The van der Waals surface area contributed by atoms with Crippen molar-refractivity contribution in [3.63, 3.8) is 0 Å². The zero-order valence-electron chi connectivity index (χ0n) is 8.46. The highest BCUT2D eigenvalue weighted by atomic mass is 35.5. The normalized spacial score (nSPS) is 11.9. The second-order valence-electron chi connectivity index (χ2n) is 3.23. The van der Waals surface area contributed by atoms with Crippen LogP contribution < -0.4 is 11.1 Å². The lowest BCUT2D eigenvalue weighted by Crippen LogP contribution is -2.41. The van der Waals surface area contributed by atoms with Gasteiger partial charge in [-0.3, -0.25) is 4.79 Å². The van der Waals surface area contributed by atoms with E-state index < -0.39 is 17.8 Å². The van der Waals surface area contributed by atoms with Gasteiger partial charge in [-0.2, -0.15) is 0 Å². The first-order chi connectivity index (χ1) is 7.41. The third kappa shape index (κ3) is 3.15. The molecule has 6 heteroatoms. The maximum absolute atomic E-state index is 13.1. The van der Waals surface area contributed by atoms with Gasteiger partial charge in [-0.15, -0.1) is 0 Å². The van der Waals surface area contributed by atoms with Crippen molar-refractivity contribution in [1.29, 1.82) is 0 Å². The van der Waals surface area contributed by atoms with Gasteiger partial charge in [0.1, 0.15) is 5.82 Å². The average Bonchev–Trinajstić information content (AvgIpc) is 2.21. The van der Waals surface area contributed by atoms with E-state index in [1.165, 1.54) is 12.1 Å². The van der Waals surface area contributed by atoms with Crippen LogP contribution in [0, 0.1) is 5.82 Å². The molecule has 0 aliphatic heterocycles. The van der Waals surface area contributed by atoms with E-state index in [1.54, 1.807) is 6.92 Å². The van der Waals surface area contributed by atoms with Gasteiger partial charge in [0.05, 0.1) is 16.1 Å². The lowest BCUT2D eigenvalue weighted by Gasteiger charge is -2.12. The fourth-order valence-electron chi connectivity index (χ4n) is 0.988. The summed E-state index contributed by atoms with van der Waals surface area (Å²) in [4.78, 5) is 11.8. The van der Waals surface area contributed by atoms with Crippen molar-refractivity contribution in [2.45, 2.75) is 13.0 Å². The molecule has 16 heavy (non-hydrogen) atoms. The maximum Gasteiger partial charge on any atom is 0.251 e. The SMILES string of the molecule is CC(NC(=O)c1ccc(Cl)c(F)c1)C(N)=S. The molecule has 0 aliphatic carbocycles. The molecule has 0 heterocycles. The number of carbonyl (C=O) groups is 1. The molecular formula is C10H10ClFN2OS. The number of amides is 1. The predicted octanol–water partition coefficient (Wildman–Crippen LogP) is 1.88. The smallest absolute Gasteiger partial charge is 0.251 e. The quantitative estimate of drug-likeness (QED) is 0.816. The number of carbonyl (C=O) groups excluding carboxylic acids is 1. The molecule has 0 spiro atoms. The largest absolute Gasteiger partial charge is 0.392 e. The molecule has 3 nitrogen and oxygen atoms in total. The van der Waals surface area contributed by atoms with Gasteiger partial charge in [0.15, 0.2) is 0 Å². The van der Waals surface area contributed by atoms with E-state index in [4.69, 9.17) is 29.6 Å². The van der Waals surface area contributed by atoms with Gasteiger partial charge in [0, 0.05) is 5.56 Å². The molecule has 3 N–H and O–H groups in total. The summed E-state index contributed by atoms with van der Waals surface area (Å²) in [5, 5.41) is 2.50. The summed E-state index contributed by atoms with van der Waals surface area (Å²) in [7, 11) is 0. The van der Waals surface area contributed by atoms with Crippen molar-refractivity contribution in [2.75, 3.05) is 0 Å². The number of nitrogens with one attached hydrogen (secondary N) is 1. The lowest BCUT2D eigenvalue weighted by molar-refractivity contribution is 0.0949. The lowest BCUT2D eigenvalue weighted by atomic mass is 10.2. The number of nitrogens with two attached hydrogens (primary N) is 1. The number of halogens is 2. The fraction of sp³-hybridized carbons (Fsp3) is 0.200. The molecule has 0 saturated heterocycles. The minimum Gasteiger partial charge on any atom is -0.392 e. The summed E-state index contributed by atoms with van der Waals surface area (Å²) in [6.07, 6.45) is 0. The first-order valence-corrected chi connectivity index (χ1v) is 5.25. The molecule has 0 fully saturated rings. The van der Waals surface area contributed by atoms with Crippen LogP contribution in [0.5, 0.6) is 0 Å². The first kappa shape index (κ1) is 12.9. The minimum absolute atomic E-state index is 0.0288. The third-order valence-electron chi connectivity index (χ3n) is 1.96. The molecule has 0 saturated carbocycles. The third-order valence-corrected chi connectivity index (χ3v) is 2.62. The van der Waals surface area contributed by atoms with Crippen LogP contribution in [0.25, 0.3) is 0 Å². The van der Waals surface area contributed by atoms with Gasteiger partial charge in [-0.1, -0.05) is 23.8 Å². The Morgan fingerprint density at radius 1 is 1.62 bits per heavy atom. The van der Waals surface area contributed by atoms with Crippen molar-refractivity contribution in [3.8, 4) is 0 Å². The van der Waals surface area contributed by atoms with E-state index in [1.807, 2.05) is 0 Å². The summed E-state index contributed by atoms with van der Waals surface area (Å²) in [6, 6.07) is 3.36.